The summed E-state index contributed by atoms with van der Waals surface area (Å²) in [7, 11) is 0. The van der Waals surface area contributed by atoms with E-state index in [2.05, 4.69) is 20.9 Å². The molecule has 4 atom stereocenters. The number of fused-ring (bicyclic) bond motifs is 1. The summed E-state index contributed by atoms with van der Waals surface area (Å²) < 4.78 is 0. The van der Waals surface area contributed by atoms with Gasteiger partial charge in [-0.15, -0.1) is 0 Å². The first-order chi connectivity index (χ1) is 18.4. The molecule has 0 radical (unpaired) electrons. The molecule has 0 aliphatic heterocycles. The maximum absolute atomic E-state index is 13.0. The van der Waals surface area contributed by atoms with E-state index in [0.717, 1.165) is 10.9 Å². The average molecular weight is 565 g/mol. The Hall–Kier alpha value is -4.11. The summed E-state index contributed by atoms with van der Waals surface area (Å²) in [5.74, 6) is -6.12. The van der Waals surface area contributed by atoms with Crippen molar-refractivity contribution in [3.05, 3.63) is 36.0 Å². The molecule has 10 N–H and O–H groups in total. The quantitative estimate of drug-likeness (QED) is 0.119. The topological polar surface area (TPSA) is 247 Å². The van der Waals surface area contributed by atoms with E-state index < -0.39 is 72.6 Å². The number of carbonyl (C=O) groups is 6. The van der Waals surface area contributed by atoms with E-state index in [-0.39, 0.29) is 12.8 Å². The van der Waals surface area contributed by atoms with Crippen LogP contribution >= 0.6 is 11.8 Å². The van der Waals surface area contributed by atoms with Gasteiger partial charge in [0.05, 0.1) is 18.9 Å². The molecule has 1 heterocycles. The minimum atomic E-state index is -1.72. The number of aromatic nitrogens is 1. The number of aromatic amines is 1. The SMILES string of the molecule is CSCCC(N)C(=O)NC(CC(N)=O)C(=O)NC(CC(=O)O)C(=O)NC(Cc1c[nH]c2ccccc12)C(=O)O. The Morgan fingerprint density at radius 1 is 0.923 bits per heavy atom. The van der Waals surface area contributed by atoms with E-state index >= 15 is 0 Å². The molecule has 1 aromatic heterocycles. The number of rotatable bonds is 16. The summed E-state index contributed by atoms with van der Waals surface area (Å²) in [4.78, 5) is 76.1. The number of benzene rings is 1. The third-order valence-corrected chi connectivity index (χ3v) is 6.38. The van der Waals surface area contributed by atoms with Crippen LogP contribution in [0.15, 0.2) is 30.5 Å². The van der Waals surface area contributed by atoms with Crippen LogP contribution in [0.5, 0.6) is 0 Å². The molecule has 212 valence electrons. The molecule has 2 rings (SSSR count). The monoisotopic (exact) mass is 564 g/mol. The second-order valence-corrected chi connectivity index (χ2v) is 9.73. The van der Waals surface area contributed by atoms with Crippen LogP contribution in [-0.2, 0) is 35.2 Å². The number of nitrogens with two attached hydrogens (primary N) is 2. The van der Waals surface area contributed by atoms with Gasteiger partial charge >= 0.3 is 11.9 Å². The van der Waals surface area contributed by atoms with Crippen molar-refractivity contribution in [2.75, 3.05) is 12.0 Å². The number of amides is 4. The second kappa shape index (κ2) is 14.7. The number of carboxylic acid groups (broad SMARTS) is 2. The van der Waals surface area contributed by atoms with E-state index in [1.807, 2.05) is 6.26 Å². The Labute approximate surface area is 227 Å². The van der Waals surface area contributed by atoms with Crippen molar-refractivity contribution in [3.8, 4) is 0 Å². The fourth-order valence-electron chi connectivity index (χ4n) is 3.71. The molecule has 0 bridgehead atoms. The lowest BCUT2D eigenvalue weighted by Crippen LogP contribution is -2.58. The average Bonchev–Trinajstić information content (AvgIpc) is 3.28. The maximum Gasteiger partial charge on any atom is 0.326 e. The molecule has 39 heavy (non-hydrogen) atoms. The molecule has 4 amide bonds. The molecule has 0 aliphatic carbocycles. The summed E-state index contributed by atoms with van der Waals surface area (Å²) in [5, 5.41) is 26.5. The first-order valence-corrected chi connectivity index (χ1v) is 13.3. The van der Waals surface area contributed by atoms with Crippen molar-refractivity contribution in [2.45, 2.75) is 49.9 Å². The smallest absolute Gasteiger partial charge is 0.326 e. The van der Waals surface area contributed by atoms with Gasteiger partial charge in [0.2, 0.25) is 23.6 Å². The van der Waals surface area contributed by atoms with Gasteiger partial charge in [0.1, 0.15) is 18.1 Å². The molecule has 0 spiro atoms. The van der Waals surface area contributed by atoms with Crippen molar-refractivity contribution in [1.29, 1.82) is 0 Å². The highest BCUT2D eigenvalue weighted by molar-refractivity contribution is 7.98. The fourth-order valence-corrected chi connectivity index (χ4v) is 4.20. The lowest BCUT2D eigenvalue weighted by atomic mass is 10.0. The third kappa shape index (κ3) is 9.61. The molecule has 14 nitrogen and oxygen atoms in total. The van der Waals surface area contributed by atoms with Crippen LogP contribution in [0.25, 0.3) is 10.9 Å². The van der Waals surface area contributed by atoms with Crippen molar-refractivity contribution < 1.29 is 39.0 Å². The van der Waals surface area contributed by atoms with E-state index in [9.17, 15) is 39.0 Å². The Balaban J connectivity index is 2.17. The van der Waals surface area contributed by atoms with Crippen molar-refractivity contribution in [1.82, 2.24) is 20.9 Å². The standard InChI is InChI=1S/C24H32N6O8S/c1-39-7-6-14(25)21(34)28-16(9-19(26)31)22(35)29-17(10-20(32)33)23(36)30-18(24(37)38)8-12-11-27-15-5-3-2-4-13(12)15/h2-5,11,14,16-18,27H,6-10,25H2,1H3,(H2,26,31)(H,28,34)(H,29,35)(H,30,36)(H,32,33)(H,37,38). The first-order valence-electron chi connectivity index (χ1n) is 11.9. The molecule has 0 saturated heterocycles. The number of carboxylic acids is 2. The maximum atomic E-state index is 13.0. The van der Waals surface area contributed by atoms with Crippen LogP contribution in [0, 0.1) is 0 Å². The highest BCUT2D eigenvalue weighted by atomic mass is 32.2. The van der Waals surface area contributed by atoms with Crippen LogP contribution in [0.2, 0.25) is 0 Å². The van der Waals surface area contributed by atoms with Gasteiger partial charge < -0.3 is 42.6 Å². The Bertz CT molecular complexity index is 1220. The number of carbonyl (C=O) groups excluding carboxylic acids is 4. The lowest BCUT2D eigenvalue weighted by Gasteiger charge is -2.24. The molecule has 0 aliphatic rings. The minimum Gasteiger partial charge on any atom is -0.481 e. The zero-order valence-corrected chi connectivity index (χ0v) is 22.0. The summed E-state index contributed by atoms with van der Waals surface area (Å²) in [6.07, 6.45) is 2.03. The van der Waals surface area contributed by atoms with Crippen molar-refractivity contribution >= 4 is 58.2 Å². The van der Waals surface area contributed by atoms with E-state index in [1.54, 1.807) is 30.5 Å². The zero-order valence-electron chi connectivity index (χ0n) is 21.1. The molecular formula is C24H32N6O8S. The van der Waals surface area contributed by atoms with Crippen LogP contribution in [0.1, 0.15) is 24.8 Å². The number of H-pyrrole nitrogens is 1. The predicted octanol–water partition coefficient (Wildman–Crippen LogP) is -1.32. The molecule has 2 aromatic rings. The zero-order chi connectivity index (χ0) is 29.1. The predicted molar refractivity (Wildman–Crippen MR) is 142 cm³/mol. The number of para-hydroxylation sites is 1. The Morgan fingerprint density at radius 3 is 2.10 bits per heavy atom. The van der Waals surface area contributed by atoms with Gasteiger partial charge in [-0.05, 0) is 30.1 Å². The normalized spacial score (nSPS) is 14.0. The van der Waals surface area contributed by atoms with Crippen LogP contribution in [0.4, 0.5) is 0 Å². The van der Waals surface area contributed by atoms with Gasteiger partial charge in [0, 0.05) is 23.5 Å². The van der Waals surface area contributed by atoms with Crippen LogP contribution in [-0.4, -0.2) is 86.9 Å². The van der Waals surface area contributed by atoms with E-state index in [0.29, 0.717) is 11.3 Å². The van der Waals surface area contributed by atoms with Gasteiger partial charge in [-0.1, -0.05) is 18.2 Å². The van der Waals surface area contributed by atoms with Crippen molar-refractivity contribution in [3.63, 3.8) is 0 Å². The second-order valence-electron chi connectivity index (χ2n) is 8.74. The highest BCUT2D eigenvalue weighted by Gasteiger charge is 2.32. The number of hydrogen-bond acceptors (Lipinski definition) is 8. The number of hydrogen-bond donors (Lipinski definition) is 8. The summed E-state index contributed by atoms with van der Waals surface area (Å²) in [6, 6.07) is 1.42. The molecule has 0 saturated carbocycles. The fraction of sp³-hybridized carbons (Fsp3) is 0.417. The molecule has 1 aromatic carbocycles. The summed E-state index contributed by atoms with van der Waals surface area (Å²) >= 11 is 1.45. The number of nitrogens with one attached hydrogen (secondary N) is 4. The van der Waals surface area contributed by atoms with Gasteiger partial charge in [0.25, 0.3) is 0 Å². The van der Waals surface area contributed by atoms with Gasteiger partial charge in [-0.2, -0.15) is 11.8 Å². The van der Waals surface area contributed by atoms with Crippen LogP contribution < -0.4 is 27.4 Å². The summed E-state index contributed by atoms with van der Waals surface area (Å²) in [6.45, 7) is 0. The van der Waals surface area contributed by atoms with E-state index in [4.69, 9.17) is 11.5 Å². The number of thioether (sulfide) groups is 1. The largest absolute Gasteiger partial charge is 0.481 e. The first kappa shape index (κ1) is 31.1. The third-order valence-electron chi connectivity index (χ3n) is 5.73. The van der Waals surface area contributed by atoms with E-state index in [1.165, 1.54) is 11.8 Å². The Morgan fingerprint density at radius 2 is 1.51 bits per heavy atom. The minimum absolute atomic E-state index is 0.132. The van der Waals surface area contributed by atoms with Gasteiger partial charge in [-0.3, -0.25) is 24.0 Å². The molecule has 0 fully saturated rings. The highest BCUT2D eigenvalue weighted by Crippen LogP contribution is 2.19. The molecule has 4 unspecified atom stereocenters. The van der Waals surface area contributed by atoms with Gasteiger partial charge in [0.15, 0.2) is 0 Å². The van der Waals surface area contributed by atoms with Crippen LogP contribution in [0.3, 0.4) is 0 Å². The van der Waals surface area contributed by atoms with Gasteiger partial charge in [-0.25, -0.2) is 4.79 Å². The number of primary amides is 1. The molecule has 15 heteroatoms. The summed E-state index contributed by atoms with van der Waals surface area (Å²) in [5.41, 5.74) is 12.3. The van der Waals surface area contributed by atoms with Crippen molar-refractivity contribution in [2.24, 2.45) is 11.5 Å². The molecular weight excluding hydrogens is 532 g/mol. The number of aliphatic carboxylic acids is 2. The lowest BCUT2D eigenvalue weighted by molar-refractivity contribution is -0.143. The Kier molecular flexibility index (Phi) is 11.7.